The molecule has 0 fully saturated rings. The topological polar surface area (TPSA) is 98.0 Å². The number of carbonyl (C=O) groups excluding carboxylic acids is 1. The van der Waals surface area contributed by atoms with Crippen LogP contribution in [0, 0.1) is 6.92 Å². The van der Waals surface area contributed by atoms with E-state index in [2.05, 4.69) is 0 Å². The Labute approximate surface area is 183 Å². The number of rotatable bonds is 8. The van der Waals surface area contributed by atoms with Crippen molar-refractivity contribution >= 4 is 17.0 Å². The highest BCUT2D eigenvalue weighted by atomic mass is 32.2. The molecule has 0 radical (unpaired) electrons. The number of esters is 1. The summed E-state index contributed by atoms with van der Waals surface area (Å²) in [5, 5.41) is 10.6. The first-order valence-corrected chi connectivity index (χ1v) is 11.0. The zero-order valence-electron chi connectivity index (χ0n) is 17.6. The van der Waals surface area contributed by atoms with Crippen LogP contribution in [-0.4, -0.2) is 38.1 Å². The van der Waals surface area contributed by atoms with Crippen molar-refractivity contribution in [3.05, 3.63) is 71.4 Å². The van der Waals surface area contributed by atoms with Crippen LogP contribution in [0.15, 0.2) is 54.6 Å². The fourth-order valence-corrected chi connectivity index (χ4v) is 3.92. The van der Waals surface area contributed by atoms with Crippen molar-refractivity contribution in [3.8, 4) is 22.7 Å². The molecule has 0 aliphatic heterocycles. The van der Waals surface area contributed by atoms with Crippen LogP contribution in [0.5, 0.6) is 5.75 Å². The third-order valence-corrected chi connectivity index (χ3v) is 5.54. The number of methoxy groups -OCH3 is 1. The van der Waals surface area contributed by atoms with E-state index in [0.717, 1.165) is 22.5 Å². The van der Waals surface area contributed by atoms with Crippen molar-refractivity contribution in [2.45, 2.75) is 25.7 Å². The smallest absolute Gasteiger partial charge is 0.339 e. The standard InChI is InChI=1S/C23H25NO6S/c1-4-30-23(26)22(25)20-13-21(17-7-5-16(6-8-17)14-31(27)28)24(15(20)2)18-9-11-19(29-3)12-10-18/h5-13,22,25H,4,14H2,1-3H3,(H,27,28). The number of aliphatic hydroxyl groups is 1. The molecule has 2 N–H and O–H groups in total. The maximum Gasteiger partial charge on any atom is 0.339 e. The molecule has 3 rings (SSSR count). The lowest BCUT2D eigenvalue weighted by Gasteiger charge is -2.14. The molecule has 0 saturated heterocycles. The molecule has 31 heavy (non-hydrogen) atoms. The highest BCUT2D eigenvalue weighted by Gasteiger charge is 2.26. The minimum Gasteiger partial charge on any atom is -0.497 e. The Kier molecular flexibility index (Phi) is 7.27. The number of benzene rings is 2. The first kappa shape index (κ1) is 22.7. The van der Waals surface area contributed by atoms with Gasteiger partial charge in [-0.15, -0.1) is 0 Å². The Bertz CT molecular complexity index is 1070. The van der Waals surface area contributed by atoms with Gasteiger partial charge >= 0.3 is 5.97 Å². The molecule has 0 spiro atoms. The van der Waals surface area contributed by atoms with Gasteiger partial charge < -0.3 is 23.7 Å². The summed E-state index contributed by atoms with van der Waals surface area (Å²) in [6.45, 7) is 3.69. The molecule has 0 aliphatic rings. The summed E-state index contributed by atoms with van der Waals surface area (Å²) in [5.74, 6) is 0.0547. The summed E-state index contributed by atoms with van der Waals surface area (Å²) in [6, 6.07) is 16.5. The molecular weight excluding hydrogens is 418 g/mol. The van der Waals surface area contributed by atoms with Crippen LogP contribution in [0.4, 0.5) is 0 Å². The van der Waals surface area contributed by atoms with Crippen LogP contribution in [-0.2, 0) is 26.4 Å². The summed E-state index contributed by atoms with van der Waals surface area (Å²) >= 11 is -1.92. The summed E-state index contributed by atoms with van der Waals surface area (Å²) in [4.78, 5) is 12.2. The molecule has 2 atom stereocenters. The normalized spacial score (nSPS) is 12.9. The molecular formula is C23H25NO6S. The number of aliphatic hydroxyl groups excluding tert-OH is 1. The predicted molar refractivity (Wildman–Crippen MR) is 119 cm³/mol. The predicted octanol–water partition coefficient (Wildman–Crippen LogP) is 3.78. The molecule has 0 aliphatic carbocycles. The average molecular weight is 444 g/mol. The highest BCUT2D eigenvalue weighted by molar-refractivity contribution is 7.78. The summed E-state index contributed by atoms with van der Waals surface area (Å²) in [7, 11) is 1.59. The third-order valence-electron chi connectivity index (χ3n) is 4.96. The van der Waals surface area contributed by atoms with E-state index in [0.29, 0.717) is 17.0 Å². The van der Waals surface area contributed by atoms with E-state index < -0.39 is 23.2 Å². The van der Waals surface area contributed by atoms with Crippen LogP contribution < -0.4 is 4.74 Å². The molecule has 3 aromatic rings. The molecule has 7 nitrogen and oxygen atoms in total. The summed E-state index contributed by atoms with van der Waals surface area (Å²) < 4.78 is 32.4. The molecule has 164 valence electrons. The lowest BCUT2D eigenvalue weighted by atomic mass is 10.1. The summed E-state index contributed by atoms with van der Waals surface area (Å²) in [5.41, 5.74) is 4.30. The minimum absolute atomic E-state index is 0.0472. The van der Waals surface area contributed by atoms with Crippen molar-refractivity contribution < 1.29 is 28.1 Å². The molecule has 1 aromatic heterocycles. The lowest BCUT2D eigenvalue weighted by molar-refractivity contribution is -0.153. The van der Waals surface area contributed by atoms with E-state index in [9.17, 15) is 14.1 Å². The van der Waals surface area contributed by atoms with Gasteiger partial charge in [0.2, 0.25) is 0 Å². The monoisotopic (exact) mass is 443 g/mol. The third kappa shape index (κ3) is 5.04. The van der Waals surface area contributed by atoms with E-state index in [4.69, 9.17) is 14.0 Å². The molecule has 1 heterocycles. The van der Waals surface area contributed by atoms with Crippen LogP contribution in [0.2, 0.25) is 0 Å². The Balaban J connectivity index is 2.12. The quantitative estimate of drug-likeness (QED) is 0.406. The van der Waals surface area contributed by atoms with Crippen molar-refractivity contribution in [3.63, 3.8) is 0 Å². The maximum atomic E-state index is 12.2. The first-order valence-electron chi connectivity index (χ1n) is 9.73. The highest BCUT2D eigenvalue weighted by Crippen LogP contribution is 2.33. The SMILES string of the molecule is CCOC(=O)C(O)c1cc(-c2ccc(CS(=O)O)cc2)n(-c2ccc(OC)cc2)c1C. The van der Waals surface area contributed by atoms with E-state index >= 15 is 0 Å². The largest absolute Gasteiger partial charge is 0.497 e. The fraction of sp³-hybridized carbons (Fsp3) is 0.261. The number of nitrogens with zero attached hydrogens (tertiary/aromatic N) is 1. The second kappa shape index (κ2) is 9.91. The van der Waals surface area contributed by atoms with Gasteiger partial charge in [0.15, 0.2) is 17.2 Å². The average Bonchev–Trinajstić information content (AvgIpc) is 3.10. The first-order chi connectivity index (χ1) is 14.8. The zero-order chi connectivity index (χ0) is 22.5. The molecule has 2 aromatic carbocycles. The van der Waals surface area contributed by atoms with Gasteiger partial charge in [-0.25, -0.2) is 9.00 Å². The van der Waals surface area contributed by atoms with Gasteiger partial charge in [-0.05, 0) is 55.3 Å². The van der Waals surface area contributed by atoms with Crippen LogP contribution >= 0.6 is 0 Å². The Hall–Kier alpha value is -2.94. The van der Waals surface area contributed by atoms with Crippen LogP contribution in [0.1, 0.15) is 29.8 Å². The number of aromatic nitrogens is 1. The number of hydrogen-bond acceptors (Lipinski definition) is 5. The second-order valence-electron chi connectivity index (χ2n) is 6.92. The fourth-order valence-electron chi connectivity index (χ4n) is 3.44. The van der Waals surface area contributed by atoms with Crippen LogP contribution in [0.25, 0.3) is 16.9 Å². The van der Waals surface area contributed by atoms with E-state index in [1.807, 2.05) is 47.9 Å². The zero-order valence-corrected chi connectivity index (χ0v) is 18.4. The van der Waals surface area contributed by atoms with Gasteiger partial charge in [-0.1, -0.05) is 24.3 Å². The van der Waals surface area contributed by atoms with Gasteiger partial charge in [-0.3, -0.25) is 0 Å². The van der Waals surface area contributed by atoms with Gasteiger partial charge in [0.05, 0.1) is 25.2 Å². The minimum atomic E-state index is -1.92. The van der Waals surface area contributed by atoms with Crippen LogP contribution in [0.3, 0.4) is 0 Å². The summed E-state index contributed by atoms with van der Waals surface area (Å²) in [6.07, 6.45) is -1.41. The number of ether oxygens (including phenoxy) is 2. The molecule has 0 saturated carbocycles. The molecule has 8 heteroatoms. The Morgan fingerprint density at radius 1 is 1.13 bits per heavy atom. The maximum absolute atomic E-state index is 12.2. The van der Waals surface area contributed by atoms with Crippen molar-refractivity contribution in [1.29, 1.82) is 0 Å². The van der Waals surface area contributed by atoms with Gasteiger partial charge in [-0.2, -0.15) is 0 Å². The molecule has 0 amide bonds. The number of carbonyl (C=O) groups is 1. The lowest BCUT2D eigenvalue weighted by Crippen LogP contribution is -2.16. The molecule has 2 unspecified atom stereocenters. The van der Waals surface area contributed by atoms with Crippen molar-refractivity contribution in [2.75, 3.05) is 13.7 Å². The Morgan fingerprint density at radius 3 is 2.32 bits per heavy atom. The van der Waals surface area contributed by atoms with Gasteiger partial charge in [0.1, 0.15) is 5.75 Å². The number of hydrogen-bond donors (Lipinski definition) is 2. The van der Waals surface area contributed by atoms with E-state index in [1.54, 1.807) is 32.2 Å². The molecule has 0 bridgehead atoms. The van der Waals surface area contributed by atoms with Gasteiger partial charge in [0.25, 0.3) is 0 Å². The van der Waals surface area contributed by atoms with Gasteiger partial charge in [0, 0.05) is 16.9 Å². The van der Waals surface area contributed by atoms with Crippen molar-refractivity contribution in [2.24, 2.45) is 0 Å². The van der Waals surface area contributed by atoms with Crippen molar-refractivity contribution in [1.82, 2.24) is 4.57 Å². The van der Waals surface area contributed by atoms with E-state index in [-0.39, 0.29) is 12.4 Å². The Morgan fingerprint density at radius 2 is 1.77 bits per heavy atom. The second-order valence-corrected chi connectivity index (χ2v) is 7.85. The van der Waals surface area contributed by atoms with E-state index in [1.165, 1.54) is 0 Å².